The maximum absolute atomic E-state index is 13.8. The molecule has 1 aliphatic rings. The fourth-order valence-corrected chi connectivity index (χ4v) is 3.22. The molecule has 27 heavy (non-hydrogen) atoms. The van der Waals surface area contributed by atoms with Crippen molar-refractivity contribution in [3.05, 3.63) is 47.3 Å². The van der Waals surface area contributed by atoms with E-state index in [2.05, 4.69) is 9.97 Å². The largest absolute Gasteiger partial charge is 0.410 e. The SMILES string of the molecule is Cc1cnc(N2CCN(C(=N)c3c(C)cccc3N)C(C(F)(F)F)C2)nc1. The van der Waals surface area contributed by atoms with E-state index in [1.165, 1.54) is 4.90 Å². The number of rotatable bonds is 2. The van der Waals surface area contributed by atoms with Crippen LogP contribution in [0.3, 0.4) is 0 Å². The van der Waals surface area contributed by atoms with Crippen molar-refractivity contribution in [2.75, 3.05) is 30.3 Å². The molecule has 6 nitrogen and oxygen atoms in total. The van der Waals surface area contributed by atoms with Crippen molar-refractivity contribution in [1.82, 2.24) is 14.9 Å². The van der Waals surface area contributed by atoms with Gasteiger partial charge in [0.1, 0.15) is 11.9 Å². The second kappa shape index (κ2) is 7.05. The first-order valence-electron chi connectivity index (χ1n) is 8.49. The highest BCUT2D eigenvalue weighted by Gasteiger charge is 2.48. The van der Waals surface area contributed by atoms with E-state index in [9.17, 15) is 13.2 Å². The molecule has 1 aromatic heterocycles. The van der Waals surface area contributed by atoms with Gasteiger partial charge in [0, 0.05) is 36.7 Å². The molecule has 2 heterocycles. The molecule has 1 fully saturated rings. The highest BCUT2D eigenvalue weighted by molar-refractivity contribution is 6.02. The van der Waals surface area contributed by atoms with Crippen LogP contribution in [0.1, 0.15) is 16.7 Å². The molecule has 1 aromatic carbocycles. The van der Waals surface area contributed by atoms with Crippen LogP contribution >= 0.6 is 0 Å². The van der Waals surface area contributed by atoms with Gasteiger partial charge in [0.15, 0.2) is 0 Å². The molecule has 3 rings (SSSR count). The van der Waals surface area contributed by atoms with Crippen molar-refractivity contribution in [2.45, 2.75) is 26.1 Å². The minimum Gasteiger partial charge on any atom is -0.398 e. The Morgan fingerprint density at radius 1 is 1.19 bits per heavy atom. The van der Waals surface area contributed by atoms with Gasteiger partial charge in [-0.2, -0.15) is 13.2 Å². The molecule has 1 atom stereocenters. The molecule has 0 radical (unpaired) electrons. The van der Waals surface area contributed by atoms with Gasteiger partial charge in [-0.1, -0.05) is 12.1 Å². The number of nitrogens with two attached hydrogens (primary N) is 1. The third kappa shape index (κ3) is 3.81. The summed E-state index contributed by atoms with van der Waals surface area (Å²) in [5, 5.41) is 8.41. The third-order valence-corrected chi connectivity index (χ3v) is 4.64. The molecule has 2 aromatic rings. The van der Waals surface area contributed by atoms with E-state index in [1.807, 2.05) is 6.92 Å². The smallest absolute Gasteiger partial charge is 0.398 e. The average molecular weight is 378 g/mol. The molecule has 1 aliphatic heterocycles. The highest BCUT2D eigenvalue weighted by atomic mass is 19.4. The number of nitrogens with one attached hydrogen (secondary N) is 1. The lowest BCUT2D eigenvalue weighted by Gasteiger charge is -2.43. The van der Waals surface area contributed by atoms with Gasteiger partial charge < -0.3 is 15.5 Å². The highest BCUT2D eigenvalue weighted by Crippen LogP contribution is 2.31. The van der Waals surface area contributed by atoms with Crippen molar-refractivity contribution in [3.8, 4) is 0 Å². The normalized spacial score (nSPS) is 17.9. The zero-order chi connectivity index (χ0) is 19.8. The monoisotopic (exact) mass is 378 g/mol. The van der Waals surface area contributed by atoms with Crippen LogP contribution in [0.4, 0.5) is 24.8 Å². The molecule has 0 saturated carbocycles. The number of alkyl halides is 3. The summed E-state index contributed by atoms with van der Waals surface area (Å²) < 4.78 is 41.4. The van der Waals surface area contributed by atoms with Crippen LogP contribution in [0.15, 0.2) is 30.6 Å². The lowest BCUT2D eigenvalue weighted by atomic mass is 10.0. The molecule has 144 valence electrons. The van der Waals surface area contributed by atoms with Crippen LogP contribution in [0, 0.1) is 19.3 Å². The summed E-state index contributed by atoms with van der Waals surface area (Å²) in [5.41, 5.74) is 8.08. The Kier molecular flexibility index (Phi) is 4.95. The van der Waals surface area contributed by atoms with E-state index in [0.29, 0.717) is 16.8 Å². The summed E-state index contributed by atoms with van der Waals surface area (Å²) in [6.45, 7) is 3.51. The first-order chi connectivity index (χ1) is 12.7. The number of halogens is 3. The van der Waals surface area contributed by atoms with E-state index in [1.54, 1.807) is 37.5 Å². The second-order valence-electron chi connectivity index (χ2n) is 6.64. The van der Waals surface area contributed by atoms with Crippen molar-refractivity contribution >= 4 is 17.5 Å². The molecule has 0 bridgehead atoms. The van der Waals surface area contributed by atoms with Gasteiger partial charge in [0.25, 0.3) is 0 Å². The predicted octanol–water partition coefficient (Wildman–Crippen LogP) is 2.75. The Balaban J connectivity index is 1.90. The summed E-state index contributed by atoms with van der Waals surface area (Å²) in [6.07, 6.45) is -1.35. The van der Waals surface area contributed by atoms with Gasteiger partial charge in [-0.25, -0.2) is 9.97 Å². The number of amidine groups is 1. The van der Waals surface area contributed by atoms with Crippen molar-refractivity contribution in [2.24, 2.45) is 0 Å². The van der Waals surface area contributed by atoms with Gasteiger partial charge in [-0.15, -0.1) is 0 Å². The first kappa shape index (κ1) is 18.9. The Bertz CT molecular complexity index is 814. The van der Waals surface area contributed by atoms with Crippen LogP contribution in [-0.2, 0) is 0 Å². The van der Waals surface area contributed by atoms with Crippen molar-refractivity contribution < 1.29 is 13.2 Å². The molecule has 1 unspecified atom stereocenters. The van der Waals surface area contributed by atoms with E-state index in [4.69, 9.17) is 11.1 Å². The van der Waals surface area contributed by atoms with Gasteiger partial charge >= 0.3 is 6.18 Å². The Hall–Kier alpha value is -2.84. The number of nitrogens with zero attached hydrogens (tertiary/aromatic N) is 4. The first-order valence-corrected chi connectivity index (χ1v) is 8.49. The quantitative estimate of drug-likeness (QED) is 0.477. The molecule has 0 amide bonds. The van der Waals surface area contributed by atoms with Crippen molar-refractivity contribution in [1.29, 1.82) is 5.41 Å². The summed E-state index contributed by atoms with van der Waals surface area (Å²) in [7, 11) is 0. The molecular weight excluding hydrogens is 357 g/mol. The Morgan fingerprint density at radius 3 is 2.44 bits per heavy atom. The van der Waals surface area contributed by atoms with E-state index < -0.39 is 12.2 Å². The van der Waals surface area contributed by atoms with Crippen LogP contribution in [0.2, 0.25) is 0 Å². The van der Waals surface area contributed by atoms with E-state index >= 15 is 0 Å². The zero-order valence-corrected chi connectivity index (χ0v) is 15.1. The lowest BCUT2D eigenvalue weighted by Crippen LogP contribution is -2.61. The maximum Gasteiger partial charge on any atom is 0.410 e. The number of anilines is 2. The minimum atomic E-state index is -4.51. The average Bonchev–Trinajstić information content (AvgIpc) is 2.61. The predicted molar refractivity (Wildman–Crippen MR) is 98.0 cm³/mol. The summed E-state index contributed by atoms with van der Waals surface area (Å²) in [4.78, 5) is 10.8. The molecule has 0 aliphatic carbocycles. The fourth-order valence-electron chi connectivity index (χ4n) is 3.22. The summed E-state index contributed by atoms with van der Waals surface area (Å²) in [6, 6.07) is 3.20. The van der Waals surface area contributed by atoms with Crippen molar-refractivity contribution in [3.63, 3.8) is 0 Å². The standard InChI is InChI=1S/C18H21F3N6/c1-11-8-24-17(25-9-11)26-6-7-27(14(10-26)18(19,20)21)16(23)15-12(2)4-3-5-13(15)22/h3-5,8-9,14,23H,6-7,10,22H2,1-2H3. The zero-order valence-electron chi connectivity index (χ0n) is 15.1. The molecular formula is C18H21F3N6. The summed E-state index contributed by atoms with van der Waals surface area (Å²) >= 11 is 0. The third-order valence-electron chi connectivity index (χ3n) is 4.64. The summed E-state index contributed by atoms with van der Waals surface area (Å²) in [5.74, 6) is 0.0498. The molecule has 0 spiro atoms. The van der Waals surface area contributed by atoms with Crippen LogP contribution < -0.4 is 10.6 Å². The number of nitrogen functional groups attached to an aromatic ring is 1. The molecule has 9 heteroatoms. The Labute approximate surface area is 155 Å². The number of piperazine rings is 1. The number of aryl methyl sites for hydroxylation is 2. The Morgan fingerprint density at radius 2 is 1.85 bits per heavy atom. The molecule has 1 saturated heterocycles. The maximum atomic E-state index is 13.8. The lowest BCUT2D eigenvalue weighted by molar-refractivity contribution is -0.173. The topological polar surface area (TPSA) is 82.1 Å². The van der Waals surface area contributed by atoms with Crippen LogP contribution in [0.25, 0.3) is 0 Å². The van der Waals surface area contributed by atoms with E-state index in [0.717, 1.165) is 10.5 Å². The number of hydrogen-bond donors (Lipinski definition) is 2. The fraction of sp³-hybridized carbons (Fsp3) is 0.389. The van der Waals surface area contributed by atoms with Gasteiger partial charge in [-0.3, -0.25) is 5.41 Å². The van der Waals surface area contributed by atoms with Crippen LogP contribution in [0.5, 0.6) is 0 Å². The number of aromatic nitrogens is 2. The van der Waals surface area contributed by atoms with Gasteiger partial charge in [-0.05, 0) is 31.0 Å². The van der Waals surface area contributed by atoms with Gasteiger partial charge in [0.2, 0.25) is 5.95 Å². The van der Waals surface area contributed by atoms with E-state index in [-0.39, 0.29) is 31.4 Å². The van der Waals surface area contributed by atoms with Gasteiger partial charge in [0.05, 0.1) is 6.54 Å². The van der Waals surface area contributed by atoms with Crippen LogP contribution in [-0.4, -0.2) is 52.6 Å². The molecule has 3 N–H and O–H groups in total. The second-order valence-corrected chi connectivity index (χ2v) is 6.64. The number of benzene rings is 1. The minimum absolute atomic E-state index is 0.0218. The number of hydrogen-bond acceptors (Lipinski definition) is 5.